The second kappa shape index (κ2) is 5.44. The van der Waals surface area contributed by atoms with Crippen molar-refractivity contribution in [2.24, 2.45) is 5.92 Å². The first-order chi connectivity index (χ1) is 8.56. The normalized spacial score (nSPS) is 10.9. The van der Waals surface area contributed by atoms with Gasteiger partial charge in [0.2, 0.25) is 5.95 Å². The van der Waals surface area contributed by atoms with Crippen LogP contribution in [0.3, 0.4) is 0 Å². The van der Waals surface area contributed by atoms with Crippen LogP contribution >= 0.6 is 11.6 Å². The highest BCUT2D eigenvalue weighted by molar-refractivity contribution is 6.30. The minimum absolute atomic E-state index is 0.584. The van der Waals surface area contributed by atoms with E-state index >= 15 is 0 Å². The molecule has 0 aliphatic heterocycles. The molecule has 96 valence electrons. The summed E-state index contributed by atoms with van der Waals surface area (Å²) in [6.07, 6.45) is 2.02. The van der Waals surface area contributed by atoms with Crippen LogP contribution in [0.15, 0.2) is 30.5 Å². The van der Waals surface area contributed by atoms with Gasteiger partial charge in [0.15, 0.2) is 0 Å². The van der Waals surface area contributed by atoms with E-state index in [1.807, 2.05) is 42.0 Å². The quantitative estimate of drug-likeness (QED) is 0.907. The summed E-state index contributed by atoms with van der Waals surface area (Å²) in [7, 11) is 0. The lowest BCUT2D eigenvalue weighted by Gasteiger charge is -2.11. The fourth-order valence-corrected chi connectivity index (χ4v) is 1.84. The Labute approximate surface area is 113 Å². The number of benzene rings is 1. The summed E-state index contributed by atoms with van der Waals surface area (Å²) in [6.45, 7) is 7.25. The van der Waals surface area contributed by atoms with Gasteiger partial charge in [0.05, 0.1) is 5.69 Å². The van der Waals surface area contributed by atoms with Crippen molar-refractivity contribution in [3.63, 3.8) is 0 Å². The predicted octanol–water partition coefficient (Wildman–Crippen LogP) is 3.90. The van der Waals surface area contributed by atoms with E-state index in [1.54, 1.807) is 0 Å². The number of aromatic nitrogens is 2. The lowest BCUT2D eigenvalue weighted by Crippen LogP contribution is -2.11. The van der Waals surface area contributed by atoms with Gasteiger partial charge in [-0.3, -0.25) is 4.57 Å². The largest absolute Gasteiger partial charge is 0.355 e. The van der Waals surface area contributed by atoms with E-state index in [0.29, 0.717) is 5.92 Å². The standard InChI is InChI=1S/C14H18ClN3/c1-10(2)8-16-14-17-11(3)9-18(14)13-6-4-12(15)5-7-13/h4-7,9-10H,8H2,1-3H3,(H,16,17). The molecule has 1 aromatic carbocycles. The van der Waals surface area contributed by atoms with Crippen LogP contribution in [-0.4, -0.2) is 16.1 Å². The van der Waals surface area contributed by atoms with Crippen LogP contribution < -0.4 is 5.32 Å². The zero-order chi connectivity index (χ0) is 13.1. The lowest BCUT2D eigenvalue weighted by molar-refractivity contribution is 0.683. The van der Waals surface area contributed by atoms with Gasteiger partial charge in [-0.15, -0.1) is 0 Å². The number of nitrogens with one attached hydrogen (secondary N) is 1. The van der Waals surface area contributed by atoms with Gasteiger partial charge >= 0.3 is 0 Å². The van der Waals surface area contributed by atoms with Crippen LogP contribution in [0.2, 0.25) is 5.02 Å². The number of aryl methyl sites for hydroxylation is 1. The molecule has 18 heavy (non-hydrogen) atoms. The van der Waals surface area contributed by atoms with Crippen LogP contribution in [-0.2, 0) is 0 Å². The molecule has 2 aromatic rings. The van der Waals surface area contributed by atoms with Gasteiger partial charge in [-0.05, 0) is 37.1 Å². The first-order valence-corrected chi connectivity index (χ1v) is 6.50. The third kappa shape index (κ3) is 3.05. The van der Waals surface area contributed by atoms with E-state index in [0.717, 1.165) is 28.9 Å². The van der Waals surface area contributed by atoms with Crippen LogP contribution in [0, 0.1) is 12.8 Å². The summed E-state index contributed by atoms with van der Waals surface area (Å²) in [5, 5.41) is 4.11. The van der Waals surface area contributed by atoms with Crippen molar-refractivity contribution in [3.05, 3.63) is 41.2 Å². The maximum absolute atomic E-state index is 5.91. The van der Waals surface area contributed by atoms with Crippen LogP contribution in [0.5, 0.6) is 0 Å². The SMILES string of the molecule is Cc1cn(-c2ccc(Cl)cc2)c(NCC(C)C)n1. The van der Waals surface area contributed by atoms with Gasteiger partial charge in [-0.25, -0.2) is 4.98 Å². The Morgan fingerprint density at radius 2 is 1.94 bits per heavy atom. The highest BCUT2D eigenvalue weighted by atomic mass is 35.5. The van der Waals surface area contributed by atoms with E-state index in [9.17, 15) is 0 Å². The molecule has 0 bridgehead atoms. The Bertz CT molecular complexity index is 514. The molecule has 2 rings (SSSR count). The van der Waals surface area contributed by atoms with Gasteiger partial charge in [-0.2, -0.15) is 0 Å². The monoisotopic (exact) mass is 263 g/mol. The van der Waals surface area contributed by atoms with Gasteiger partial charge in [0.25, 0.3) is 0 Å². The number of halogens is 1. The predicted molar refractivity (Wildman–Crippen MR) is 76.6 cm³/mol. The Morgan fingerprint density at radius 1 is 1.28 bits per heavy atom. The van der Waals surface area contributed by atoms with Crippen molar-refractivity contribution in [3.8, 4) is 5.69 Å². The molecule has 0 aliphatic rings. The molecule has 0 radical (unpaired) electrons. The zero-order valence-electron chi connectivity index (χ0n) is 10.9. The van der Waals surface area contributed by atoms with Crippen molar-refractivity contribution in [2.45, 2.75) is 20.8 Å². The number of hydrogen-bond donors (Lipinski definition) is 1. The van der Waals surface area contributed by atoms with Gasteiger partial charge in [0, 0.05) is 23.5 Å². The van der Waals surface area contributed by atoms with E-state index < -0.39 is 0 Å². The fourth-order valence-electron chi connectivity index (χ4n) is 1.72. The van der Waals surface area contributed by atoms with Crippen molar-refractivity contribution < 1.29 is 0 Å². The molecule has 0 unspecified atom stereocenters. The summed E-state index contributed by atoms with van der Waals surface area (Å²) < 4.78 is 2.05. The first-order valence-electron chi connectivity index (χ1n) is 6.12. The molecule has 0 spiro atoms. The molecule has 1 aromatic heterocycles. The molecule has 1 heterocycles. The summed E-state index contributed by atoms with van der Waals surface area (Å²) in [6, 6.07) is 7.75. The van der Waals surface area contributed by atoms with E-state index in [4.69, 9.17) is 11.6 Å². The second-order valence-corrected chi connectivity index (χ2v) is 5.26. The maximum atomic E-state index is 5.91. The van der Waals surface area contributed by atoms with Crippen molar-refractivity contribution in [1.82, 2.24) is 9.55 Å². The third-order valence-electron chi connectivity index (χ3n) is 2.60. The fraction of sp³-hybridized carbons (Fsp3) is 0.357. The summed E-state index contributed by atoms with van der Waals surface area (Å²) in [5.74, 6) is 1.46. The van der Waals surface area contributed by atoms with Gasteiger partial charge in [0.1, 0.15) is 0 Å². The smallest absolute Gasteiger partial charge is 0.207 e. The average molecular weight is 264 g/mol. The van der Waals surface area contributed by atoms with Gasteiger partial charge < -0.3 is 5.32 Å². The number of rotatable bonds is 4. The van der Waals surface area contributed by atoms with Crippen LogP contribution in [0.25, 0.3) is 5.69 Å². The molecule has 0 saturated heterocycles. The second-order valence-electron chi connectivity index (χ2n) is 4.83. The van der Waals surface area contributed by atoms with E-state index in [1.165, 1.54) is 0 Å². The Morgan fingerprint density at radius 3 is 2.56 bits per heavy atom. The van der Waals surface area contributed by atoms with Crippen molar-refractivity contribution in [2.75, 3.05) is 11.9 Å². The molecule has 4 heteroatoms. The molecular weight excluding hydrogens is 246 g/mol. The Balaban J connectivity index is 2.29. The van der Waals surface area contributed by atoms with Crippen LogP contribution in [0.4, 0.5) is 5.95 Å². The third-order valence-corrected chi connectivity index (χ3v) is 2.85. The van der Waals surface area contributed by atoms with Crippen molar-refractivity contribution >= 4 is 17.5 Å². The molecule has 0 fully saturated rings. The molecular formula is C14H18ClN3. The molecule has 3 nitrogen and oxygen atoms in total. The zero-order valence-corrected chi connectivity index (χ0v) is 11.7. The minimum atomic E-state index is 0.584. The minimum Gasteiger partial charge on any atom is -0.355 e. The molecule has 1 N–H and O–H groups in total. The van der Waals surface area contributed by atoms with Crippen molar-refractivity contribution in [1.29, 1.82) is 0 Å². The van der Waals surface area contributed by atoms with E-state index in [2.05, 4.69) is 24.1 Å². The number of nitrogens with zero attached hydrogens (tertiary/aromatic N) is 2. The number of hydrogen-bond acceptors (Lipinski definition) is 2. The molecule has 0 aliphatic carbocycles. The average Bonchev–Trinajstić information content (AvgIpc) is 2.69. The first kappa shape index (κ1) is 13.0. The van der Waals surface area contributed by atoms with E-state index in [-0.39, 0.29) is 0 Å². The van der Waals surface area contributed by atoms with Crippen LogP contribution in [0.1, 0.15) is 19.5 Å². The Hall–Kier alpha value is -1.48. The Kier molecular flexibility index (Phi) is 3.92. The highest BCUT2D eigenvalue weighted by Crippen LogP contribution is 2.19. The van der Waals surface area contributed by atoms with Gasteiger partial charge in [-0.1, -0.05) is 25.4 Å². The molecule has 0 atom stereocenters. The lowest BCUT2D eigenvalue weighted by atomic mass is 10.2. The highest BCUT2D eigenvalue weighted by Gasteiger charge is 2.07. The topological polar surface area (TPSA) is 29.9 Å². The number of imidazole rings is 1. The molecule has 0 amide bonds. The maximum Gasteiger partial charge on any atom is 0.207 e. The summed E-state index contributed by atoms with van der Waals surface area (Å²) in [4.78, 5) is 4.50. The number of anilines is 1. The molecule has 0 saturated carbocycles. The summed E-state index contributed by atoms with van der Waals surface area (Å²) >= 11 is 5.91. The summed E-state index contributed by atoms with van der Waals surface area (Å²) in [5.41, 5.74) is 2.06.